The normalized spacial score (nSPS) is 28.8. The number of aromatic nitrogens is 2. The standard InChI is InChI=1S/C15H22N4O/c1-4-13-12(5-9(2)17-18-13)15(20)19-10(3)6-11-7-16-8-14(11)19/h5,10-11,14,16H,4,6-8H2,1-3H3. The van der Waals surface area contributed by atoms with Gasteiger partial charge >= 0.3 is 0 Å². The highest BCUT2D eigenvalue weighted by molar-refractivity contribution is 5.96. The summed E-state index contributed by atoms with van der Waals surface area (Å²) in [5.74, 6) is 0.735. The van der Waals surface area contributed by atoms with Crippen molar-refractivity contribution in [3.63, 3.8) is 0 Å². The summed E-state index contributed by atoms with van der Waals surface area (Å²) in [5.41, 5.74) is 2.35. The molecule has 0 aromatic carbocycles. The van der Waals surface area contributed by atoms with Gasteiger partial charge in [0.25, 0.3) is 5.91 Å². The Balaban J connectivity index is 1.94. The third kappa shape index (κ3) is 2.10. The van der Waals surface area contributed by atoms with E-state index in [1.807, 2.05) is 19.9 Å². The van der Waals surface area contributed by atoms with Gasteiger partial charge in [-0.2, -0.15) is 10.2 Å². The van der Waals surface area contributed by atoms with E-state index in [4.69, 9.17) is 0 Å². The molecule has 0 spiro atoms. The molecule has 0 bridgehead atoms. The van der Waals surface area contributed by atoms with Crippen molar-refractivity contribution in [2.75, 3.05) is 13.1 Å². The van der Waals surface area contributed by atoms with Crippen LogP contribution in [0.3, 0.4) is 0 Å². The first-order valence-electron chi connectivity index (χ1n) is 7.48. The van der Waals surface area contributed by atoms with Crippen LogP contribution in [-0.4, -0.2) is 46.2 Å². The number of nitrogens with zero attached hydrogens (tertiary/aromatic N) is 3. The summed E-state index contributed by atoms with van der Waals surface area (Å²) in [4.78, 5) is 15.0. The predicted molar refractivity (Wildman–Crippen MR) is 76.5 cm³/mol. The number of hydrogen-bond acceptors (Lipinski definition) is 4. The molecule has 1 N–H and O–H groups in total. The van der Waals surface area contributed by atoms with Gasteiger partial charge in [-0.3, -0.25) is 4.79 Å². The van der Waals surface area contributed by atoms with Gasteiger partial charge in [0.1, 0.15) is 0 Å². The van der Waals surface area contributed by atoms with Gasteiger partial charge in [0.2, 0.25) is 0 Å². The third-order valence-electron chi connectivity index (χ3n) is 4.57. The van der Waals surface area contributed by atoms with Crippen molar-refractivity contribution in [2.24, 2.45) is 5.92 Å². The fraction of sp³-hybridized carbons (Fsp3) is 0.667. The van der Waals surface area contributed by atoms with E-state index in [9.17, 15) is 4.79 Å². The molecule has 1 amide bonds. The molecule has 108 valence electrons. The van der Waals surface area contributed by atoms with Gasteiger partial charge < -0.3 is 10.2 Å². The van der Waals surface area contributed by atoms with Crippen molar-refractivity contribution in [3.05, 3.63) is 23.0 Å². The summed E-state index contributed by atoms with van der Waals surface area (Å²) >= 11 is 0. The highest BCUT2D eigenvalue weighted by atomic mass is 16.2. The smallest absolute Gasteiger partial charge is 0.256 e. The molecule has 5 nitrogen and oxygen atoms in total. The molecule has 2 aliphatic rings. The van der Waals surface area contributed by atoms with Crippen LogP contribution in [0.1, 0.15) is 42.0 Å². The molecule has 0 radical (unpaired) electrons. The summed E-state index contributed by atoms with van der Waals surface area (Å²) in [6.45, 7) is 8.01. The van der Waals surface area contributed by atoms with E-state index in [-0.39, 0.29) is 5.91 Å². The SMILES string of the molecule is CCc1nnc(C)cc1C(=O)N1C(C)CC2CNCC21. The summed E-state index contributed by atoms with van der Waals surface area (Å²) < 4.78 is 0. The first-order valence-corrected chi connectivity index (χ1v) is 7.48. The minimum atomic E-state index is 0.128. The molecule has 3 rings (SSSR count). The van der Waals surface area contributed by atoms with E-state index in [0.29, 0.717) is 18.0 Å². The number of fused-ring (bicyclic) bond motifs is 1. The Bertz CT molecular complexity index is 531. The number of aryl methyl sites for hydroxylation is 2. The lowest BCUT2D eigenvalue weighted by atomic mass is 10.0. The van der Waals surface area contributed by atoms with Crippen LogP contribution >= 0.6 is 0 Å². The lowest BCUT2D eigenvalue weighted by molar-refractivity contribution is 0.0680. The van der Waals surface area contributed by atoms with Crippen LogP contribution in [0.5, 0.6) is 0 Å². The fourth-order valence-corrected chi connectivity index (χ4v) is 3.61. The van der Waals surface area contributed by atoms with Crippen LogP contribution < -0.4 is 5.32 Å². The number of likely N-dealkylation sites (tertiary alicyclic amines) is 1. The molecule has 1 aromatic heterocycles. The first-order chi connectivity index (χ1) is 9.61. The van der Waals surface area contributed by atoms with Crippen LogP contribution in [0.25, 0.3) is 0 Å². The van der Waals surface area contributed by atoms with E-state index in [0.717, 1.165) is 42.9 Å². The summed E-state index contributed by atoms with van der Waals surface area (Å²) in [6.07, 6.45) is 1.84. The Kier molecular flexibility index (Phi) is 3.46. The van der Waals surface area contributed by atoms with E-state index >= 15 is 0 Å². The summed E-state index contributed by atoms with van der Waals surface area (Å²) in [5, 5.41) is 11.7. The zero-order chi connectivity index (χ0) is 14.3. The van der Waals surface area contributed by atoms with Crippen LogP contribution in [-0.2, 0) is 6.42 Å². The van der Waals surface area contributed by atoms with E-state index in [1.54, 1.807) is 0 Å². The van der Waals surface area contributed by atoms with Crippen LogP contribution in [0, 0.1) is 12.8 Å². The maximum atomic E-state index is 13.0. The molecule has 2 saturated heterocycles. The Hall–Kier alpha value is -1.49. The van der Waals surface area contributed by atoms with Gasteiger partial charge in [-0.05, 0) is 38.7 Å². The van der Waals surface area contributed by atoms with Gasteiger partial charge in [0.05, 0.1) is 17.0 Å². The molecule has 1 aromatic rings. The van der Waals surface area contributed by atoms with Crippen molar-refractivity contribution in [3.8, 4) is 0 Å². The maximum Gasteiger partial charge on any atom is 0.256 e. The van der Waals surface area contributed by atoms with Crippen LogP contribution in [0.2, 0.25) is 0 Å². The topological polar surface area (TPSA) is 58.1 Å². The molecular weight excluding hydrogens is 252 g/mol. The quantitative estimate of drug-likeness (QED) is 0.879. The minimum Gasteiger partial charge on any atom is -0.331 e. The molecule has 20 heavy (non-hydrogen) atoms. The Morgan fingerprint density at radius 3 is 3.00 bits per heavy atom. The van der Waals surface area contributed by atoms with Crippen molar-refractivity contribution in [2.45, 2.75) is 45.7 Å². The van der Waals surface area contributed by atoms with E-state index in [2.05, 4.69) is 27.3 Å². The van der Waals surface area contributed by atoms with Gasteiger partial charge in [-0.15, -0.1) is 0 Å². The third-order valence-corrected chi connectivity index (χ3v) is 4.57. The molecular formula is C15H22N4O. The summed E-state index contributed by atoms with van der Waals surface area (Å²) in [6, 6.07) is 2.55. The Morgan fingerprint density at radius 2 is 2.25 bits per heavy atom. The number of hydrogen-bond donors (Lipinski definition) is 1. The van der Waals surface area contributed by atoms with Crippen molar-refractivity contribution >= 4 is 5.91 Å². The Morgan fingerprint density at radius 1 is 1.45 bits per heavy atom. The average Bonchev–Trinajstić information content (AvgIpc) is 2.97. The van der Waals surface area contributed by atoms with Crippen molar-refractivity contribution < 1.29 is 4.79 Å². The van der Waals surface area contributed by atoms with Crippen LogP contribution in [0.4, 0.5) is 0 Å². The molecule has 3 unspecified atom stereocenters. The minimum absolute atomic E-state index is 0.128. The summed E-state index contributed by atoms with van der Waals surface area (Å²) in [7, 11) is 0. The van der Waals surface area contributed by atoms with E-state index in [1.165, 1.54) is 0 Å². The largest absolute Gasteiger partial charge is 0.331 e. The second kappa shape index (κ2) is 5.13. The molecule has 3 heterocycles. The lowest BCUT2D eigenvalue weighted by Crippen LogP contribution is -2.43. The lowest BCUT2D eigenvalue weighted by Gasteiger charge is -2.28. The monoisotopic (exact) mass is 274 g/mol. The number of rotatable bonds is 2. The molecule has 5 heteroatoms. The molecule has 0 aliphatic carbocycles. The van der Waals surface area contributed by atoms with Crippen LogP contribution in [0.15, 0.2) is 6.07 Å². The van der Waals surface area contributed by atoms with Crippen molar-refractivity contribution in [1.82, 2.24) is 20.4 Å². The number of amides is 1. The predicted octanol–water partition coefficient (Wildman–Crippen LogP) is 1.17. The molecule has 0 saturated carbocycles. The average molecular weight is 274 g/mol. The highest BCUT2D eigenvalue weighted by Gasteiger charge is 2.44. The second-order valence-electron chi connectivity index (χ2n) is 5.98. The zero-order valence-corrected chi connectivity index (χ0v) is 12.4. The second-order valence-corrected chi connectivity index (χ2v) is 5.98. The fourth-order valence-electron chi connectivity index (χ4n) is 3.61. The van der Waals surface area contributed by atoms with Gasteiger partial charge in [-0.25, -0.2) is 0 Å². The first kappa shape index (κ1) is 13.5. The Labute approximate surface area is 119 Å². The maximum absolute atomic E-state index is 13.0. The number of nitrogens with one attached hydrogen (secondary N) is 1. The zero-order valence-electron chi connectivity index (χ0n) is 12.4. The molecule has 2 aliphatic heterocycles. The highest BCUT2D eigenvalue weighted by Crippen LogP contribution is 2.33. The van der Waals surface area contributed by atoms with Gasteiger partial charge in [0, 0.05) is 25.2 Å². The molecule has 2 fully saturated rings. The van der Waals surface area contributed by atoms with E-state index < -0.39 is 0 Å². The van der Waals surface area contributed by atoms with Gasteiger partial charge in [0.15, 0.2) is 0 Å². The van der Waals surface area contributed by atoms with Crippen molar-refractivity contribution in [1.29, 1.82) is 0 Å². The van der Waals surface area contributed by atoms with Gasteiger partial charge in [-0.1, -0.05) is 6.92 Å². The molecule has 3 atom stereocenters. The number of carbonyl (C=O) groups is 1. The number of carbonyl (C=O) groups excluding carboxylic acids is 1.